The topological polar surface area (TPSA) is 101 Å². The van der Waals surface area contributed by atoms with Gasteiger partial charge >= 0.3 is 0 Å². The maximum atomic E-state index is 4.90. The summed E-state index contributed by atoms with van der Waals surface area (Å²) in [6.45, 7) is 4.86. The minimum atomic E-state index is 0. The lowest BCUT2D eigenvalue weighted by Gasteiger charge is -2.30. The molecular formula is C29H28ClN9S. The molecule has 0 bridgehead atoms. The van der Waals surface area contributed by atoms with Gasteiger partial charge in [0.25, 0.3) is 5.78 Å². The molecule has 2 aromatic carbocycles. The zero-order valence-electron chi connectivity index (χ0n) is 21.9. The molecule has 1 fully saturated rings. The van der Waals surface area contributed by atoms with E-state index in [4.69, 9.17) is 9.97 Å². The number of benzene rings is 2. The van der Waals surface area contributed by atoms with Crippen LogP contribution in [0.15, 0.2) is 72.4 Å². The summed E-state index contributed by atoms with van der Waals surface area (Å²) >= 11 is 1.57. The van der Waals surface area contributed by atoms with Crippen LogP contribution in [0.4, 0.5) is 0 Å². The highest BCUT2D eigenvalue weighted by atomic mass is 35.5. The number of hydrogen-bond donors (Lipinski definition) is 1. The lowest BCUT2D eigenvalue weighted by atomic mass is 9.95. The SMILES string of the molecule is Cc1nc2nc(-c3ccc(CN4CCC(c5n[nH]c(-c6nccs6)n5)CC4)cc3)c(-c3ccccc3)cn2n1.Cl. The summed E-state index contributed by atoms with van der Waals surface area (Å²) < 4.78 is 1.76. The average molecular weight is 570 g/mol. The molecule has 0 radical (unpaired) electrons. The first kappa shape index (κ1) is 26.2. The van der Waals surface area contributed by atoms with Crippen molar-refractivity contribution in [1.29, 1.82) is 0 Å². The van der Waals surface area contributed by atoms with Crippen molar-refractivity contribution in [2.24, 2.45) is 0 Å². The van der Waals surface area contributed by atoms with Gasteiger partial charge in [-0.2, -0.15) is 15.2 Å². The van der Waals surface area contributed by atoms with Crippen LogP contribution in [0.3, 0.4) is 0 Å². The number of thiazole rings is 1. The summed E-state index contributed by atoms with van der Waals surface area (Å²) in [6, 6.07) is 19.1. The molecule has 0 amide bonds. The van der Waals surface area contributed by atoms with Crippen LogP contribution in [0.1, 0.15) is 36.0 Å². The van der Waals surface area contributed by atoms with Crippen LogP contribution in [-0.2, 0) is 6.54 Å². The van der Waals surface area contributed by atoms with E-state index in [0.717, 1.165) is 71.5 Å². The Morgan fingerprint density at radius 2 is 1.75 bits per heavy atom. The molecule has 1 saturated heterocycles. The summed E-state index contributed by atoms with van der Waals surface area (Å²) in [5.41, 5.74) is 5.42. The van der Waals surface area contributed by atoms with E-state index in [-0.39, 0.29) is 12.4 Å². The van der Waals surface area contributed by atoms with E-state index in [1.807, 2.05) is 36.7 Å². The number of halogens is 1. The van der Waals surface area contributed by atoms with Gasteiger partial charge in [0.2, 0.25) is 0 Å². The summed E-state index contributed by atoms with van der Waals surface area (Å²) in [5, 5.41) is 14.9. The number of nitrogens with one attached hydrogen (secondary N) is 1. The molecule has 0 aliphatic carbocycles. The zero-order chi connectivity index (χ0) is 26.2. The van der Waals surface area contributed by atoms with Crippen molar-refractivity contribution < 1.29 is 0 Å². The Kier molecular flexibility index (Phi) is 7.38. The van der Waals surface area contributed by atoms with Gasteiger partial charge in [-0.3, -0.25) is 10.00 Å². The second-order valence-electron chi connectivity index (χ2n) is 9.90. The van der Waals surface area contributed by atoms with Crippen LogP contribution in [0.5, 0.6) is 0 Å². The Hall–Kier alpha value is -3.99. The molecule has 0 atom stereocenters. The van der Waals surface area contributed by atoms with Crippen molar-refractivity contribution in [2.75, 3.05) is 13.1 Å². The standard InChI is InChI=1S/C29H27N9S.ClH/c1-19-31-29-32-25(24(18-38(29)36-19)21-5-3-2-4-6-21)22-9-7-20(8-10-22)17-37-14-11-23(12-15-37)26-33-27(35-34-26)28-30-13-16-39-28;/h2-10,13,16,18,23H,11-12,14-15,17H2,1H3,(H,33,34,35);1H. The highest BCUT2D eigenvalue weighted by Crippen LogP contribution is 2.32. The highest BCUT2D eigenvalue weighted by Gasteiger charge is 2.24. The molecule has 202 valence electrons. The summed E-state index contributed by atoms with van der Waals surface area (Å²) in [7, 11) is 0. The Bertz CT molecular complexity index is 1700. The van der Waals surface area contributed by atoms with Crippen LogP contribution in [0.25, 0.3) is 39.0 Å². The van der Waals surface area contributed by atoms with E-state index in [0.29, 0.717) is 17.5 Å². The first-order valence-electron chi connectivity index (χ1n) is 13.1. The fraction of sp³-hybridized carbons (Fsp3) is 0.241. The maximum absolute atomic E-state index is 4.90. The summed E-state index contributed by atoms with van der Waals surface area (Å²) in [5.74, 6) is 3.38. The third-order valence-corrected chi connectivity index (χ3v) is 8.03. The lowest BCUT2D eigenvalue weighted by molar-refractivity contribution is 0.202. The number of H-pyrrole nitrogens is 1. The van der Waals surface area contributed by atoms with Gasteiger partial charge in [0.1, 0.15) is 5.82 Å². The van der Waals surface area contributed by atoms with Gasteiger partial charge in [-0.1, -0.05) is 54.6 Å². The molecule has 40 heavy (non-hydrogen) atoms. The van der Waals surface area contributed by atoms with E-state index in [2.05, 4.69) is 66.6 Å². The molecule has 0 saturated carbocycles. The number of rotatable bonds is 6. The first-order chi connectivity index (χ1) is 19.2. The predicted octanol–water partition coefficient (Wildman–Crippen LogP) is 5.81. The predicted molar refractivity (Wildman–Crippen MR) is 158 cm³/mol. The number of likely N-dealkylation sites (tertiary alicyclic amines) is 1. The molecule has 0 unspecified atom stereocenters. The van der Waals surface area contributed by atoms with E-state index < -0.39 is 0 Å². The van der Waals surface area contributed by atoms with Gasteiger partial charge in [-0.05, 0) is 44.0 Å². The van der Waals surface area contributed by atoms with Crippen LogP contribution in [0.2, 0.25) is 0 Å². The third-order valence-electron chi connectivity index (χ3n) is 7.25. The van der Waals surface area contributed by atoms with Crippen LogP contribution < -0.4 is 0 Å². The quantitative estimate of drug-likeness (QED) is 0.270. The molecule has 6 aromatic rings. The molecule has 11 heteroatoms. The van der Waals surface area contributed by atoms with Crippen molar-refractivity contribution in [3.8, 4) is 33.2 Å². The number of hydrogen-bond acceptors (Lipinski definition) is 8. The minimum Gasteiger partial charge on any atom is -0.299 e. The number of piperidine rings is 1. The van der Waals surface area contributed by atoms with Crippen molar-refractivity contribution in [2.45, 2.75) is 32.2 Å². The largest absolute Gasteiger partial charge is 0.299 e. The fourth-order valence-corrected chi connectivity index (χ4v) is 5.82. The first-order valence-corrected chi connectivity index (χ1v) is 14.0. The molecule has 5 heterocycles. The second-order valence-corrected chi connectivity index (χ2v) is 10.8. The Morgan fingerprint density at radius 1 is 0.950 bits per heavy atom. The van der Waals surface area contributed by atoms with E-state index in [1.54, 1.807) is 22.0 Å². The minimum absolute atomic E-state index is 0. The van der Waals surface area contributed by atoms with Gasteiger partial charge in [-0.15, -0.1) is 23.7 Å². The monoisotopic (exact) mass is 569 g/mol. The summed E-state index contributed by atoms with van der Waals surface area (Å²) in [6.07, 6.45) is 5.92. The van der Waals surface area contributed by atoms with Crippen molar-refractivity contribution in [3.63, 3.8) is 0 Å². The second kappa shape index (κ2) is 11.2. The van der Waals surface area contributed by atoms with Crippen molar-refractivity contribution in [3.05, 3.63) is 89.6 Å². The van der Waals surface area contributed by atoms with Crippen LogP contribution >= 0.6 is 23.7 Å². The van der Waals surface area contributed by atoms with Gasteiger partial charge in [0.05, 0.1) is 5.69 Å². The number of fused-ring (bicyclic) bond motifs is 1. The molecule has 1 aliphatic heterocycles. The van der Waals surface area contributed by atoms with E-state index >= 15 is 0 Å². The van der Waals surface area contributed by atoms with Gasteiger partial charge in [0, 0.05) is 41.4 Å². The third kappa shape index (κ3) is 5.25. The Morgan fingerprint density at radius 3 is 2.50 bits per heavy atom. The molecule has 4 aromatic heterocycles. The molecule has 1 aliphatic rings. The number of aryl methyl sites for hydroxylation is 1. The molecule has 9 nitrogen and oxygen atoms in total. The Labute approximate surface area is 241 Å². The van der Waals surface area contributed by atoms with Crippen LogP contribution in [-0.4, -0.2) is 57.7 Å². The molecule has 1 N–H and O–H groups in total. The fourth-order valence-electron chi connectivity index (χ4n) is 5.24. The molecule has 7 rings (SSSR count). The number of aromatic amines is 1. The van der Waals surface area contributed by atoms with Crippen molar-refractivity contribution >= 4 is 29.5 Å². The van der Waals surface area contributed by atoms with Crippen molar-refractivity contribution in [1.82, 2.24) is 44.6 Å². The van der Waals surface area contributed by atoms with Gasteiger partial charge in [0.15, 0.2) is 16.7 Å². The van der Waals surface area contributed by atoms with E-state index in [9.17, 15) is 0 Å². The van der Waals surface area contributed by atoms with Gasteiger partial charge in [-0.25, -0.2) is 19.5 Å². The van der Waals surface area contributed by atoms with E-state index in [1.165, 1.54) is 5.56 Å². The van der Waals surface area contributed by atoms with Gasteiger partial charge < -0.3 is 0 Å². The smallest absolute Gasteiger partial charge is 0.252 e. The molecular weight excluding hydrogens is 542 g/mol. The Balaban J connectivity index is 0.00000289. The highest BCUT2D eigenvalue weighted by molar-refractivity contribution is 7.13. The lowest BCUT2D eigenvalue weighted by Crippen LogP contribution is -2.32. The number of aromatic nitrogens is 8. The molecule has 0 spiro atoms. The van der Waals surface area contributed by atoms with Crippen LogP contribution in [0, 0.1) is 6.92 Å². The normalized spacial score (nSPS) is 14.4. The number of nitrogens with zero attached hydrogens (tertiary/aromatic N) is 8. The average Bonchev–Trinajstić information content (AvgIpc) is 3.74. The zero-order valence-corrected chi connectivity index (χ0v) is 23.6. The summed E-state index contributed by atoms with van der Waals surface area (Å²) in [4.78, 5) is 21.0. The maximum Gasteiger partial charge on any atom is 0.252 e.